The van der Waals surface area contributed by atoms with E-state index < -0.39 is 0 Å². The summed E-state index contributed by atoms with van der Waals surface area (Å²) in [5, 5.41) is 0. The van der Waals surface area contributed by atoms with Crippen LogP contribution < -0.4 is 5.73 Å². The number of nitrogens with zero attached hydrogens (tertiary/aromatic N) is 1. The lowest BCUT2D eigenvalue weighted by atomic mass is 10.0. The first-order valence-electron chi connectivity index (χ1n) is 7.57. The standard InChI is InChI=1S/C17H28N2O.ClH/c1-6-15(7-2)19(11-12(3)4)17(20)16-10-14(18)9-8-13(16)5;/h8-10,12,15H,6-7,11,18H2,1-5H3;1H. The molecule has 0 bridgehead atoms. The predicted octanol–water partition coefficient (Wildman–Crippen LogP) is 4.29. The summed E-state index contributed by atoms with van der Waals surface area (Å²) in [6.45, 7) is 11.3. The molecular weight excluding hydrogens is 284 g/mol. The Bertz CT molecular complexity index is 456. The number of carbonyl (C=O) groups is 1. The molecule has 0 aliphatic rings. The highest BCUT2D eigenvalue weighted by atomic mass is 35.5. The number of aryl methyl sites for hydroxylation is 1. The molecule has 1 aromatic carbocycles. The monoisotopic (exact) mass is 312 g/mol. The second-order valence-corrected chi connectivity index (χ2v) is 5.90. The molecule has 0 fully saturated rings. The molecule has 0 aromatic heterocycles. The minimum Gasteiger partial charge on any atom is -0.399 e. The Kier molecular flexibility index (Phi) is 8.41. The molecule has 0 aliphatic carbocycles. The zero-order valence-corrected chi connectivity index (χ0v) is 14.7. The van der Waals surface area contributed by atoms with Crippen molar-refractivity contribution in [3.8, 4) is 0 Å². The number of amides is 1. The van der Waals surface area contributed by atoms with Gasteiger partial charge in [0.25, 0.3) is 5.91 Å². The number of nitrogen functional groups attached to an aromatic ring is 1. The summed E-state index contributed by atoms with van der Waals surface area (Å²) in [5.41, 5.74) is 8.21. The van der Waals surface area contributed by atoms with Gasteiger partial charge in [0.1, 0.15) is 0 Å². The Morgan fingerprint density at radius 3 is 2.29 bits per heavy atom. The maximum absolute atomic E-state index is 12.9. The first-order chi connectivity index (χ1) is 9.40. The zero-order chi connectivity index (χ0) is 15.3. The molecule has 2 N–H and O–H groups in total. The van der Waals surface area contributed by atoms with Crippen LogP contribution in [0.1, 0.15) is 56.5 Å². The highest BCUT2D eigenvalue weighted by Crippen LogP contribution is 2.20. The van der Waals surface area contributed by atoms with Crippen molar-refractivity contribution in [1.82, 2.24) is 4.90 Å². The number of benzene rings is 1. The lowest BCUT2D eigenvalue weighted by molar-refractivity contribution is 0.0639. The molecule has 3 nitrogen and oxygen atoms in total. The van der Waals surface area contributed by atoms with E-state index in [1.807, 2.05) is 24.0 Å². The minimum absolute atomic E-state index is 0. The molecule has 0 spiro atoms. The van der Waals surface area contributed by atoms with Gasteiger partial charge in [-0.2, -0.15) is 0 Å². The van der Waals surface area contributed by atoms with Crippen LogP contribution in [0.15, 0.2) is 18.2 Å². The van der Waals surface area contributed by atoms with Crippen molar-refractivity contribution < 1.29 is 4.79 Å². The van der Waals surface area contributed by atoms with Crippen molar-refractivity contribution in [2.45, 2.75) is 53.5 Å². The molecule has 0 aliphatic heterocycles. The summed E-state index contributed by atoms with van der Waals surface area (Å²) in [5.74, 6) is 0.568. The fraction of sp³-hybridized carbons (Fsp3) is 0.588. The van der Waals surface area contributed by atoms with Crippen LogP contribution in [0.25, 0.3) is 0 Å². The number of rotatable bonds is 6. The zero-order valence-electron chi connectivity index (χ0n) is 13.8. The smallest absolute Gasteiger partial charge is 0.254 e. The summed E-state index contributed by atoms with van der Waals surface area (Å²) in [6, 6.07) is 5.86. The van der Waals surface area contributed by atoms with Gasteiger partial charge in [0.05, 0.1) is 0 Å². The second kappa shape index (κ2) is 8.93. The summed E-state index contributed by atoms with van der Waals surface area (Å²) in [7, 11) is 0. The van der Waals surface area contributed by atoms with Gasteiger partial charge in [-0.1, -0.05) is 33.8 Å². The largest absolute Gasteiger partial charge is 0.399 e. The molecule has 0 radical (unpaired) electrons. The SMILES string of the molecule is CCC(CC)N(CC(C)C)C(=O)c1cc(N)ccc1C.Cl. The molecule has 0 heterocycles. The Labute approximate surface area is 135 Å². The molecule has 0 saturated heterocycles. The third-order valence-electron chi connectivity index (χ3n) is 3.70. The molecule has 0 saturated carbocycles. The van der Waals surface area contributed by atoms with Gasteiger partial charge < -0.3 is 10.6 Å². The fourth-order valence-corrected chi connectivity index (χ4v) is 2.55. The lowest BCUT2D eigenvalue weighted by Gasteiger charge is -2.32. The van der Waals surface area contributed by atoms with E-state index in [-0.39, 0.29) is 18.3 Å². The van der Waals surface area contributed by atoms with E-state index in [0.717, 1.165) is 30.5 Å². The van der Waals surface area contributed by atoms with E-state index in [9.17, 15) is 4.79 Å². The average molecular weight is 313 g/mol. The topological polar surface area (TPSA) is 46.3 Å². The number of carbonyl (C=O) groups excluding carboxylic acids is 1. The van der Waals surface area contributed by atoms with Crippen LogP contribution in [0, 0.1) is 12.8 Å². The van der Waals surface area contributed by atoms with Crippen molar-refractivity contribution in [2.24, 2.45) is 5.92 Å². The van der Waals surface area contributed by atoms with Gasteiger partial charge in [-0.15, -0.1) is 12.4 Å². The van der Waals surface area contributed by atoms with E-state index in [1.54, 1.807) is 6.07 Å². The second-order valence-electron chi connectivity index (χ2n) is 5.90. The fourth-order valence-electron chi connectivity index (χ4n) is 2.55. The predicted molar refractivity (Wildman–Crippen MR) is 93.1 cm³/mol. The molecule has 120 valence electrons. The maximum atomic E-state index is 12.9. The summed E-state index contributed by atoms with van der Waals surface area (Å²) >= 11 is 0. The van der Waals surface area contributed by atoms with Crippen LogP contribution in [-0.4, -0.2) is 23.4 Å². The number of nitrogens with two attached hydrogens (primary N) is 1. The van der Waals surface area contributed by atoms with Gasteiger partial charge in [0.15, 0.2) is 0 Å². The first kappa shape index (κ1) is 19.8. The van der Waals surface area contributed by atoms with Gasteiger partial charge >= 0.3 is 0 Å². The lowest BCUT2D eigenvalue weighted by Crippen LogP contribution is -2.42. The number of anilines is 1. The average Bonchev–Trinajstić information content (AvgIpc) is 2.40. The van der Waals surface area contributed by atoms with Gasteiger partial charge in [-0.3, -0.25) is 4.79 Å². The van der Waals surface area contributed by atoms with Gasteiger partial charge in [-0.05, 0) is 43.4 Å². The van der Waals surface area contributed by atoms with E-state index >= 15 is 0 Å². The van der Waals surface area contributed by atoms with Crippen LogP contribution in [0.2, 0.25) is 0 Å². The highest BCUT2D eigenvalue weighted by molar-refractivity contribution is 5.96. The summed E-state index contributed by atoms with van der Waals surface area (Å²) in [6.07, 6.45) is 1.96. The molecule has 1 amide bonds. The van der Waals surface area contributed by atoms with E-state index in [0.29, 0.717) is 17.6 Å². The van der Waals surface area contributed by atoms with Crippen molar-refractivity contribution in [1.29, 1.82) is 0 Å². The molecule has 0 unspecified atom stereocenters. The van der Waals surface area contributed by atoms with Gasteiger partial charge in [-0.25, -0.2) is 0 Å². The Balaban J connectivity index is 0.00000400. The molecular formula is C17H29ClN2O. The van der Waals surface area contributed by atoms with Crippen molar-refractivity contribution >= 4 is 24.0 Å². The Hall–Kier alpha value is -1.22. The minimum atomic E-state index is 0. The normalized spacial score (nSPS) is 10.6. The van der Waals surface area contributed by atoms with Crippen molar-refractivity contribution in [2.75, 3.05) is 12.3 Å². The first-order valence-corrected chi connectivity index (χ1v) is 7.57. The van der Waals surface area contributed by atoms with Crippen molar-refractivity contribution in [3.05, 3.63) is 29.3 Å². The maximum Gasteiger partial charge on any atom is 0.254 e. The Morgan fingerprint density at radius 2 is 1.81 bits per heavy atom. The quantitative estimate of drug-likeness (QED) is 0.797. The van der Waals surface area contributed by atoms with E-state index in [1.165, 1.54) is 0 Å². The van der Waals surface area contributed by atoms with Crippen LogP contribution in [0.3, 0.4) is 0 Å². The third kappa shape index (κ3) is 5.24. The molecule has 1 rings (SSSR count). The molecule has 0 atom stereocenters. The number of hydrogen-bond acceptors (Lipinski definition) is 2. The summed E-state index contributed by atoms with van der Waals surface area (Å²) in [4.78, 5) is 14.9. The Morgan fingerprint density at radius 1 is 1.24 bits per heavy atom. The number of hydrogen-bond donors (Lipinski definition) is 1. The number of halogens is 1. The van der Waals surface area contributed by atoms with Crippen molar-refractivity contribution in [3.63, 3.8) is 0 Å². The van der Waals surface area contributed by atoms with Crippen LogP contribution in [0.5, 0.6) is 0 Å². The van der Waals surface area contributed by atoms with Crippen LogP contribution in [-0.2, 0) is 0 Å². The van der Waals surface area contributed by atoms with Crippen LogP contribution in [0.4, 0.5) is 5.69 Å². The highest BCUT2D eigenvalue weighted by Gasteiger charge is 2.24. The van der Waals surface area contributed by atoms with E-state index in [4.69, 9.17) is 5.73 Å². The third-order valence-corrected chi connectivity index (χ3v) is 3.70. The van der Waals surface area contributed by atoms with Gasteiger partial charge in [0.2, 0.25) is 0 Å². The van der Waals surface area contributed by atoms with Gasteiger partial charge in [0, 0.05) is 23.8 Å². The van der Waals surface area contributed by atoms with E-state index in [2.05, 4.69) is 27.7 Å². The molecule has 21 heavy (non-hydrogen) atoms. The molecule has 1 aromatic rings. The molecule has 4 heteroatoms. The summed E-state index contributed by atoms with van der Waals surface area (Å²) < 4.78 is 0. The van der Waals surface area contributed by atoms with Crippen LogP contribution >= 0.6 is 12.4 Å².